The van der Waals surface area contributed by atoms with E-state index in [2.05, 4.69) is 31.6 Å². The molecule has 1 saturated heterocycles. The average Bonchev–Trinajstić information content (AvgIpc) is 2.79. The Balaban J connectivity index is 1.39. The summed E-state index contributed by atoms with van der Waals surface area (Å²) in [6.45, 7) is 5.70. The molecule has 30 heavy (non-hydrogen) atoms. The largest absolute Gasteiger partial charge is 0.493 e. The second-order valence-corrected chi connectivity index (χ2v) is 7.55. The van der Waals surface area contributed by atoms with Gasteiger partial charge in [-0.1, -0.05) is 18.2 Å². The zero-order valence-electron chi connectivity index (χ0n) is 18.2. The van der Waals surface area contributed by atoms with Crippen LogP contribution in [-0.4, -0.2) is 61.8 Å². The maximum absolute atomic E-state index is 6.01. The fourth-order valence-corrected chi connectivity index (χ4v) is 3.56. The van der Waals surface area contributed by atoms with Crippen LogP contribution >= 0.6 is 0 Å². The molecule has 7 heteroatoms. The van der Waals surface area contributed by atoms with Crippen LogP contribution in [0.1, 0.15) is 25.5 Å². The third kappa shape index (κ3) is 6.62. The number of piperidine rings is 1. The van der Waals surface area contributed by atoms with Gasteiger partial charge in [-0.15, -0.1) is 0 Å². The number of likely N-dealkylation sites (tertiary alicyclic amines) is 1. The quantitative estimate of drug-likeness (QED) is 0.514. The maximum Gasteiger partial charge on any atom is 0.191 e. The fraction of sp³-hybridized carbons (Fsp3) is 0.478. The molecule has 1 aliphatic heterocycles. The number of benzene rings is 1. The molecule has 0 saturated carbocycles. The summed E-state index contributed by atoms with van der Waals surface area (Å²) in [6, 6.07) is 14.2. The lowest BCUT2D eigenvalue weighted by atomic mass is 10.0. The lowest BCUT2D eigenvalue weighted by Crippen LogP contribution is -2.49. The van der Waals surface area contributed by atoms with Crippen molar-refractivity contribution in [2.24, 2.45) is 4.99 Å². The summed E-state index contributed by atoms with van der Waals surface area (Å²) < 4.78 is 11.4. The van der Waals surface area contributed by atoms with Crippen LogP contribution in [-0.2, 0) is 6.54 Å². The molecule has 0 spiro atoms. The number of nitrogens with zero attached hydrogens (tertiary/aromatic N) is 3. The predicted molar refractivity (Wildman–Crippen MR) is 120 cm³/mol. The number of aromatic nitrogens is 1. The lowest BCUT2D eigenvalue weighted by Gasteiger charge is -2.33. The normalized spacial score (nSPS) is 16.7. The Morgan fingerprint density at radius 1 is 1.17 bits per heavy atom. The van der Waals surface area contributed by atoms with Gasteiger partial charge in [-0.2, -0.15) is 0 Å². The Labute approximate surface area is 179 Å². The van der Waals surface area contributed by atoms with E-state index in [1.807, 2.05) is 49.5 Å². The second kappa shape index (κ2) is 11.4. The molecule has 1 aromatic heterocycles. The Hall–Kier alpha value is -2.80. The summed E-state index contributed by atoms with van der Waals surface area (Å²) in [4.78, 5) is 11.3. The van der Waals surface area contributed by atoms with Gasteiger partial charge in [0.25, 0.3) is 0 Å². The van der Waals surface area contributed by atoms with Crippen LogP contribution in [0.2, 0.25) is 0 Å². The molecule has 1 atom stereocenters. The molecule has 1 aliphatic rings. The van der Waals surface area contributed by atoms with Crippen LogP contribution < -0.4 is 20.1 Å². The number of ether oxygens (including phenoxy) is 2. The van der Waals surface area contributed by atoms with Crippen molar-refractivity contribution in [3.8, 4) is 11.5 Å². The van der Waals surface area contributed by atoms with Gasteiger partial charge in [0, 0.05) is 38.9 Å². The Bertz CT molecular complexity index is 791. The van der Waals surface area contributed by atoms with E-state index in [0.717, 1.165) is 55.6 Å². The van der Waals surface area contributed by atoms with Gasteiger partial charge < -0.3 is 20.1 Å². The van der Waals surface area contributed by atoms with Crippen molar-refractivity contribution < 1.29 is 9.47 Å². The number of para-hydroxylation sites is 2. The van der Waals surface area contributed by atoms with Crippen molar-refractivity contribution in [1.82, 2.24) is 20.5 Å². The van der Waals surface area contributed by atoms with Gasteiger partial charge in [-0.05, 0) is 44.0 Å². The predicted octanol–water partition coefficient (Wildman–Crippen LogP) is 2.69. The molecular formula is C23H33N5O2. The first-order valence-corrected chi connectivity index (χ1v) is 10.6. The monoisotopic (exact) mass is 411 g/mol. The highest BCUT2D eigenvalue weighted by Crippen LogP contribution is 2.26. The summed E-state index contributed by atoms with van der Waals surface area (Å²) in [7, 11) is 3.45. The average molecular weight is 412 g/mol. The summed E-state index contributed by atoms with van der Waals surface area (Å²) in [6.07, 6.45) is 4.00. The first-order valence-electron chi connectivity index (χ1n) is 10.6. The zero-order valence-corrected chi connectivity index (χ0v) is 18.2. The summed E-state index contributed by atoms with van der Waals surface area (Å²) >= 11 is 0. The number of pyridine rings is 1. The van der Waals surface area contributed by atoms with Gasteiger partial charge in [-0.25, -0.2) is 0 Å². The van der Waals surface area contributed by atoms with E-state index in [1.165, 1.54) is 0 Å². The van der Waals surface area contributed by atoms with E-state index in [1.54, 1.807) is 14.2 Å². The highest BCUT2D eigenvalue weighted by atomic mass is 16.5. The van der Waals surface area contributed by atoms with Crippen molar-refractivity contribution >= 4 is 5.96 Å². The molecule has 0 amide bonds. The highest BCUT2D eigenvalue weighted by molar-refractivity contribution is 5.80. The van der Waals surface area contributed by atoms with Crippen molar-refractivity contribution in [2.45, 2.75) is 38.5 Å². The van der Waals surface area contributed by atoms with Crippen LogP contribution in [0.4, 0.5) is 0 Å². The molecule has 0 radical (unpaired) electrons. The number of hydrogen-bond acceptors (Lipinski definition) is 5. The third-order valence-corrected chi connectivity index (χ3v) is 5.22. The van der Waals surface area contributed by atoms with Crippen LogP contribution in [0.3, 0.4) is 0 Å². The topological polar surface area (TPSA) is 71.0 Å². The van der Waals surface area contributed by atoms with Gasteiger partial charge in [-0.3, -0.25) is 14.9 Å². The van der Waals surface area contributed by atoms with Crippen molar-refractivity contribution in [1.29, 1.82) is 0 Å². The minimum Gasteiger partial charge on any atom is -0.493 e. The first-order chi connectivity index (χ1) is 14.7. The maximum atomic E-state index is 6.01. The molecule has 7 nitrogen and oxygen atoms in total. The molecule has 2 aromatic rings. The van der Waals surface area contributed by atoms with E-state index < -0.39 is 0 Å². The fourth-order valence-electron chi connectivity index (χ4n) is 3.56. The SMILES string of the molecule is CN=C(NCC(C)Oc1ccccc1OC)NC1CCN(Cc2ccccn2)CC1. The van der Waals surface area contributed by atoms with Crippen molar-refractivity contribution in [3.05, 3.63) is 54.4 Å². The van der Waals surface area contributed by atoms with E-state index in [0.29, 0.717) is 12.6 Å². The van der Waals surface area contributed by atoms with Crippen molar-refractivity contribution in [3.63, 3.8) is 0 Å². The van der Waals surface area contributed by atoms with Crippen LogP contribution in [0.5, 0.6) is 11.5 Å². The smallest absolute Gasteiger partial charge is 0.191 e. The molecule has 1 aromatic carbocycles. The Morgan fingerprint density at radius 3 is 2.57 bits per heavy atom. The minimum atomic E-state index is -0.0277. The van der Waals surface area contributed by atoms with Gasteiger partial charge in [0.15, 0.2) is 17.5 Å². The second-order valence-electron chi connectivity index (χ2n) is 7.55. The van der Waals surface area contributed by atoms with Crippen LogP contribution in [0.25, 0.3) is 0 Å². The Morgan fingerprint density at radius 2 is 1.90 bits per heavy atom. The standard InChI is InChI=1S/C23H33N5O2/c1-18(30-22-10-5-4-9-21(22)29-3)16-26-23(24-2)27-19-11-14-28(15-12-19)17-20-8-6-7-13-25-20/h4-10,13,18-19H,11-12,14-17H2,1-3H3,(H2,24,26,27). The van der Waals surface area contributed by atoms with Gasteiger partial charge in [0.2, 0.25) is 0 Å². The minimum absolute atomic E-state index is 0.0277. The van der Waals surface area contributed by atoms with Crippen molar-refractivity contribution in [2.75, 3.05) is 33.8 Å². The first kappa shape index (κ1) is 21.9. The van der Waals surface area contributed by atoms with E-state index in [4.69, 9.17) is 9.47 Å². The van der Waals surface area contributed by atoms with Gasteiger partial charge >= 0.3 is 0 Å². The molecule has 0 aliphatic carbocycles. The van der Waals surface area contributed by atoms with E-state index in [9.17, 15) is 0 Å². The van der Waals surface area contributed by atoms with Crippen LogP contribution in [0.15, 0.2) is 53.7 Å². The summed E-state index contributed by atoms with van der Waals surface area (Å²) in [5.74, 6) is 2.30. The molecule has 3 rings (SSSR count). The van der Waals surface area contributed by atoms with E-state index in [-0.39, 0.29) is 6.10 Å². The lowest BCUT2D eigenvalue weighted by molar-refractivity contribution is 0.195. The van der Waals surface area contributed by atoms with Gasteiger partial charge in [0.05, 0.1) is 19.3 Å². The number of rotatable bonds is 8. The summed E-state index contributed by atoms with van der Waals surface area (Å²) in [5.41, 5.74) is 1.13. The molecule has 0 bridgehead atoms. The number of aliphatic imine (C=N–C) groups is 1. The highest BCUT2D eigenvalue weighted by Gasteiger charge is 2.20. The van der Waals surface area contributed by atoms with Crippen LogP contribution in [0, 0.1) is 0 Å². The molecular weight excluding hydrogens is 378 g/mol. The number of nitrogens with one attached hydrogen (secondary N) is 2. The van der Waals surface area contributed by atoms with Gasteiger partial charge in [0.1, 0.15) is 6.10 Å². The number of methoxy groups -OCH3 is 1. The molecule has 2 N–H and O–H groups in total. The number of guanidine groups is 1. The zero-order chi connectivity index (χ0) is 21.2. The third-order valence-electron chi connectivity index (χ3n) is 5.22. The molecule has 1 fully saturated rings. The number of hydrogen-bond donors (Lipinski definition) is 2. The summed E-state index contributed by atoms with van der Waals surface area (Å²) in [5, 5.41) is 6.92. The Kier molecular flexibility index (Phi) is 8.32. The molecule has 162 valence electrons. The molecule has 1 unspecified atom stereocenters. The van der Waals surface area contributed by atoms with E-state index >= 15 is 0 Å². The molecule has 2 heterocycles.